The first kappa shape index (κ1) is 23.6. The van der Waals surface area contributed by atoms with Crippen molar-refractivity contribution in [3.8, 4) is 9.88 Å². The Bertz CT molecular complexity index is 1360. The molecule has 3 N–H and O–H groups in total. The van der Waals surface area contributed by atoms with Crippen molar-refractivity contribution in [2.24, 2.45) is 0 Å². The predicted molar refractivity (Wildman–Crippen MR) is 135 cm³/mol. The number of carbonyl (C=O) groups excluding carboxylic acids is 1. The van der Waals surface area contributed by atoms with E-state index in [-0.39, 0.29) is 37.0 Å². The van der Waals surface area contributed by atoms with Crippen molar-refractivity contribution in [1.29, 1.82) is 0 Å². The van der Waals surface area contributed by atoms with Gasteiger partial charge in [-0.05, 0) is 17.0 Å². The van der Waals surface area contributed by atoms with E-state index < -0.39 is 11.2 Å². The van der Waals surface area contributed by atoms with Crippen molar-refractivity contribution in [2.75, 3.05) is 24.4 Å². The van der Waals surface area contributed by atoms with Gasteiger partial charge in [0.15, 0.2) is 0 Å². The molecule has 4 rings (SSSR count). The number of ether oxygens (including phenoxy) is 1. The highest BCUT2D eigenvalue weighted by Gasteiger charge is 2.18. The number of hydrogen-bond acceptors (Lipinski definition) is 8. The van der Waals surface area contributed by atoms with Crippen LogP contribution in [0.15, 0.2) is 62.8 Å². The summed E-state index contributed by atoms with van der Waals surface area (Å²) in [7, 11) is 1.51. The number of nitrogens with zero attached hydrogens (tertiary/aromatic N) is 2. The average Bonchev–Trinajstić information content (AvgIpc) is 3.51. The lowest BCUT2D eigenvalue weighted by Crippen LogP contribution is -2.36. The maximum atomic E-state index is 12.9. The third-order valence-corrected chi connectivity index (χ3v) is 6.84. The first-order chi connectivity index (χ1) is 16.5. The average molecular weight is 498 g/mol. The van der Waals surface area contributed by atoms with E-state index in [2.05, 4.69) is 20.6 Å². The fourth-order valence-electron chi connectivity index (χ4n) is 3.29. The lowest BCUT2D eigenvalue weighted by Gasteiger charge is -2.17. The summed E-state index contributed by atoms with van der Waals surface area (Å²) in [5, 5.41) is 10.5. The minimum absolute atomic E-state index is 0.00523. The van der Waals surface area contributed by atoms with Gasteiger partial charge in [0.25, 0.3) is 5.56 Å². The molecule has 4 aromatic rings. The number of benzene rings is 1. The van der Waals surface area contributed by atoms with E-state index in [4.69, 9.17) is 4.74 Å². The fraction of sp³-hybridized carbons (Fsp3) is 0.217. The summed E-state index contributed by atoms with van der Waals surface area (Å²) in [5.74, 6) is -0.289. The molecule has 0 saturated heterocycles. The second-order valence-corrected chi connectivity index (χ2v) is 9.12. The Hall–Kier alpha value is -3.54. The second-order valence-electron chi connectivity index (χ2n) is 7.31. The summed E-state index contributed by atoms with van der Waals surface area (Å²) >= 11 is 3.04. The van der Waals surface area contributed by atoms with Crippen LogP contribution in [-0.2, 0) is 29.0 Å². The van der Waals surface area contributed by atoms with Crippen LogP contribution >= 0.6 is 22.7 Å². The standard InChI is InChI=1S/C23H23N5O4S2/c1-32-10-9-28-20(19(21(30)27-23(28)31)24-13-15-6-3-2-4-7-15)26-18(29)12-16-14-34-22(25-16)17-8-5-11-33-17/h2-8,11,14,24H,9-10,12-13H2,1H3,(H,26,29)(H,27,30,31). The number of methoxy groups -OCH3 is 1. The van der Waals surface area contributed by atoms with Gasteiger partial charge >= 0.3 is 5.69 Å². The van der Waals surface area contributed by atoms with E-state index in [1.165, 1.54) is 23.0 Å². The topological polar surface area (TPSA) is 118 Å². The molecule has 0 fully saturated rings. The maximum absolute atomic E-state index is 12.9. The molecule has 34 heavy (non-hydrogen) atoms. The molecule has 0 aliphatic carbocycles. The van der Waals surface area contributed by atoms with Crippen LogP contribution in [0.25, 0.3) is 9.88 Å². The summed E-state index contributed by atoms with van der Waals surface area (Å²) in [6.07, 6.45) is 0.00523. The van der Waals surface area contributed by atoms with Gasteiger partial charge in [-0.2, -0.15) is 0 Å². The molecule has 1 aromatic carbocycles. The summed E-state index contributed by atoms with van der Waals surface area (Å²) in [4.78, 5) is 46.0. The van der Waals surface area contributed by atoms with Gasteiger partial charge in [0.2, 0.25) is 5.91 Å². The molecule has 0 aliphatic heterocycles. The molecule has 11 heteroatoms. The van der Waals surface area contributed by atoms with Crippen LogP contribution in [0.2, 0.25) is 0 Å². The van der Waals surface area contributed by atoms with Crippen molar-refractivity contribution in [2.45, 2.75) is 19.5 Å². The highest BCUT2D eigenvalue weighted by molar-refractivity contribution is 7.20. The van der Waals surface area contributed by atoms with E-state index >= 15 is 0 Å². The quantitative estimate of drug-likeness (QED) is 0.310. The molecule has 9 nitrogen and oxygen atoms in total. The van der Waals surface area contributed by atoms with Gasteiger partial charge in [-0.1, -0.05) is 36.4 Å². The molecule has 0 atom stereocenters. The summed E-state index contributed by atoms with van der Waals surface area (Å²) in [6.45, 7) is 0.718. The van der Waals surface area contributed by atoms with Crippen LogP contribution < -0.4 is 21.9 Å². The normalized spacial score (nSPS) is 10.9. The minimum Gasteiger partial charge on any atom is -0.383 e. The van der Waals surface area contributed by atoms with Crippen molar-refractivity contribution >= 4 is 40.1 Å². The number of carbonyl (C=O) groups is 1. The van der Waals surface area contributed by atoms with E-state index in [1.807, 2.05) is 53.2 Å². The van der Waals surface area contributed by atoms with E-state index in [0.717, 1.165) is 15.4 Å². The third kappa shape index (κ3) is 5.68. The smallest absolute Gasteiger partial charge is 0.330 e. The molecule has 0 bridgehead atoms. The molecule has 0 unspecified atom stereocenters. The van der Waals surface area contributed by atoms with Crippen LogP contribution in [0, 0.1) is 0 Å². The van der Waals surface area contributed by atoms with Gasteiger partial charge in [0.05, 0.1) is 30.1 Å². The van der Waals surface area contributed by atoms with Crippen LogP contribution in [0.5, 0.6) is 0 Å². The fourth-order valence-corrected chi connectivity index (χ4v) is 4.92. The van der Waals surface area contributed by atoms with Crippen molar-refractivity contribution in [1.82, 2.24) is 14.5 Å². The number of thiophene rings is 1. The lowest BCUT2D eigenvalue weighted by atomic mass is 10.2. The Morgan fingerprint density at radius 3 is 2.71 bits per heavy atom. The number of H-pyrrole nitrogens is 1. The van der Waals surface area contributed by atoms with Gasteiger partial charge < -0.3 is 15.4 Å². The largest absolute Gasteiger partial charge is 0.383 e. The van der Waals surface area contributed by atoms with Crippen molar-refractivity contribution in [3.63, 3.8) is 0 Å². The van der Waals surface area contributed by atoms with E-state index in [9.17, 15) is 14.4 Å². The number of anilines is 2. The van der Waals surface area contributed by atoms with Gasteiger partial charge in [-0.15, -0.1) is 22.7 Å². The summed E-state index contributed by atoms with van der Waals surface area (Å²) in [6, 6.07) is 13.4. The number of aromatic nitrogens is 3. The molecule has 1 amide bonds. The molecule has 176 valence electrons. The Morgan fingerprint density at radius 2 is 1.97 bits per heavy atom. The predicted octanol–water partition coefficient (Wildman–Crippen LogP) is 3.16. The molecule has 0 radical (unpaired) electrons. The monoisotopic (exact) mass is 497 g/mol. The number of hydrogen-bond donors (Lipinski definition) is 3. The molecular formula is C23H23N5O4S2. The summed E-state index contributed by atoms with van der Waals surface area (Å²) < 4.78 is 6.39. The number of rotatable bonds is 10. The van der Waals surface area contributed by atoms with Crippen LogP contribution in [0.1, 0.15) is 11.3 Å². The van der Waals surface area contributed by atoms with Crippen LogP contribution in [-0.4, -0.2) is 34.2 Å². The van der Waals surface area contributed by atoms with E-state index in [0.29, 0.717) is 12.2 Å². The Labute approximate surface area is 203 Å². The Balaban J connectivity index is 1.59. The maximum Gasteiger partial charge on any atom is 0.330 e. The molecule has 0 spiro atoms. The third-order valence-electron chi connectivity index (χ3n) is 4.91. The first-order valence-electron chi connectivity index (χ1n) is 10.5. The number of thiazole rings is 1. The van der Waals surface area contributed by atoms with Crippen molar-refractivity contribution in [3.05, 3.63) is 85.3 Å². The highest BCUT2D eigenvalue weighted by Crippen LogP contribution is 2.28. The SMILES string of the molecule is COCCn1c(NC(=O)Cc2csc(-c3cccs3)n2)c(NCc2ccccc2)c(=O)[nH]c1=O. The minimum atomic E-state index is -0.628. The number of amides is 1. The highest BCUT2D eigenvalue weighted by atomic mass is 32.1. The zero-order valence-corrected chi connectivity index (χ0v) is 20.0. The zero-order chi connectivity index (χ0) is 23.9. The van der Waals surface area contributed by atoms with Gasteiger partial charge in [0, 0.05) is 19.0 Å². The number of nitrogens with one attached hydrogen (secondary N) is 3. The molecule has 3 heterocycles. The van der Waals surface area contributed by atoms with Crippen LogP contribution in [0.4, 0.5) is 11.5 Å². The molecule has 3 aromatic heterocycles. The van der Waals surface area contributed by atoms with E-state index in [1.54, 1.807) is 11.3 Å². The molecule has 0 aliphatic rings. The second kappa shape index (κ2) is 11.1. The van der Waals surface area contributed by atoms with Gasteiger partial charge in [-0.3, -0.25) is 19.1 Å². The van der Waals surface area contributed by atoms with Crippen molar-refractivity contribution < 1.29 is 9.53 Å². The first-order valence-corrected chi connectivity index (χ1v) is 12.2. The zero-order valence-electron chi connectivity index (χ0n) is 18.4. The lowest BCUT2D eigenvalue weighted by molar-refractivity contribution is -0.115. The van der Waals surface area contributed by atoms with Gasteiger partial charge in [-0.25, -0.2) is 9.78 Å². The molecule has 0 saturated carbocycles. The molecular weight excluding hydrogens is 474 g/mol. The Morgan fingerprint density at radius 1 is 1.15 bits per heavy atom. The summed E-state index contributed by atoms with van der Waals surface area (Å²) in [5.41, 5.74) is 0.415. The van der Waals surface area contributed by atoms with Crippen LogP contribution in [0.3, 0.4) is 0 Å². The Kier molecular flexibility index (Phi) is 7.68. The van der Waals surface area contributed by atoms with Gasteiger partial charge in [0.1, 0.15) is 16.5 Å². The number of aromatic amines is 1.